The summed E-state index contributed by atoms with van der Waals surface area (Å²) in [5.74, 6) is 0.977. The van der Waals surface area contributed by atoms with E-state index in [0.29, 0.717) is 11.8 Å². The number of hydrogen-bond donors (Lipinski definition) is 1. The van der Waals surface area contributed by atoms with Gasteiger partial charge < -0.3 is 5.32 Å². The molecule has 5 nitrogen and oxygen atoms in total. The average Bonchev–Trinajstić information content (AvgIpc) is 3.28. The number of hydrogen-bond acceptors (Lipinski definition) is 4. The van der Waals surface area contributed by atoms with E-state index in [1.807, 2.05) is 12.1 Å². The molecule has 154 valence electrons. The van der Waals surface area contributed by atoms with Crippen molar-refractivity contribution in [3.8, 4) is 0 Å². The van der Waals surface area contributed by atoms with Gasteiger partial charge in [0.25, 0.3) is 5.69 Å². The first-order valence-electron chi connectivity index (χ1n) is 10.5. The van der Waals surface area contributed by atoms with E-state index in [1.165, 1.54) is 34.5 Å². The molecule has 0 radical (unpaired) electrons. The van der Waals surface area contributed by atoms with Crippen LogP contribution in [0.4, 0.5) is 17.1 Å². The molecule has 3 aromatic rings. The number of nitrogens with one attached hydrogen (secondary N) is 1. The lowest BCUT2D eigenvalue weighted by Gasteiger charge is -2.37. The lowest BCUT2D eigenvalue weighted by molar-refractivity contribution is -0.384. The molecule has 0 spiro atoms. The van der Waals surface area contributed by atoms with Gasteiger partial charge in [0, 0.05) is 30.0 Å². The normalized spacial score (nSPS) is 21.5. The second-order valence-electron chi connectivity index (χ2n) is 8.26. The zero-order valence-corrected chi connectivity index (χ0v) is 17.2. The van der Waals surface area contributed by atoms with Crippen LogP contribution in [-0.2, 0) is 0 Å². The van der Waals surface area contributed by atoms with Gasteiger partial charge in [-0.3, -0.25) is 15.1 Å². The number of nitrogens with zero attached hydrogens (tertiary/aromatic N) is 2. The van der Waals surface area contributed by atoms with Gasteiger partial charge in [0.1, 0.15) is 0 Å². The van der Waals surface area contributed by atoms with Gasteiger partial charge >= 0.3 is 0 Å². The van der Waals surface area contributed by atoms with Crippen molar-refractivity contribution in [2.75, 3.05) is 5.32 Å². The smallest absolute Gasteiger partial charge is 0.269 e. The van der Waals surface area contributed by atoms with Crippen molar-refractivity contribution in [1.82, 2.24) is 0 Å². The van der Waals surface area contributed by atoms with Gasteiger partial charge in [0.15, 0.2) is 0 Å². The summed E-state index contributed by atoms with van der Waals surface area (Å²) in [6.45, 7) is 2.15. The van der Waals surface area contributed by atoms with E-state index in [2.05, 4.69) is 59.7 Å². The van der Waals surface area contributed by atoms with Crippen LogP contribution >= 0.6 is 0 Å². The van der Waals surface area contributed by atoms with Crippen LogP contribution in [0.2, 0.25) is 0 Å². The Bertz CT molecular complexity index is 1180. The first-order valence-corrected chi connectivity index (χ1v) is 10.5. The van der Waals surface area contributed by atoms with Crippen LogP contribution < -0.4 is 5.32 Å². The molecule has 0 amide bonds. The van der Waals surface area contributed by atoms with Crippen molar-refractivity contribution in [2.45, 2.75) is 25.3 Å². The molecule has 0 aromatic heterocycles. The number of benzene rings is 3. The SMILES string of the molecule is Cc1ccc2c(c1)[C@@H]1C=CC[C@@H]1[C@@H](c1ccc(N=Cc3ccc([N+](=O)[O-])cc3)cc1)N2. The fraction of sp³-hybridized carbons (Fsp3) is 0.192. The van der Waals surface area contributed by atoms with Gasteiger partial charge in [-0.1, -0.05) is 42.0 Å². The Morgan fingerprint density at radius 2 is 1.84 bits per heavy atom. The lowest BCUT2D eigenvalue weighted by atomic mass is 9.76. The third kappa shape index (κ3) is 3.75. The minimum absolute atomic E-state index is 0.0814. The second-order valence-corrected chi connectivity index (χ2v) is 8.26. The van der Waals surface area contributed by atoms with Gasteiger partial charge in [0.05, 0.1) is 16.7 Å². The monoisotopic (exact) mass is 409 g/mol. The van der Waals surface area contributed by atoms with Crippen LogP contribution in [0.25, 0.3) is 0 Å². The molecule has 0 unspecified atom stereocenters. The summed E-state index contributed by atoms with van der Waals surface area (Å²) in [5, 5.41) is 14.5. The van der Waals surface area contributed by atoms with Crippen molar-refractivity contribution in [3.05, 3.63) is 111 Å². The van der Waals surface area contributed by atoms with Gasteiger partial charge in [-0.15, -0.1) is 0 Å². The van der Waals surface area contributed by atoms with Crippen molar-refractivity contribution < 1.29 is 4.92 Å². The maximum atomic E-state index is 10.8. The molecule has 1 N–H and O–H groups in total. The number of aliphatic imine (C=N–C) groups is 1. The maximum absolute atomic E-state index is 10.8. The number of rotatable bonds is 4. The molecule has 5 rings (SSSR count). The van der Waals surface area contributed by atoms with E-state index in [4.69, 9.17) is 0 Å². The van der Waals surface area contributed by atoms with Crippen LogP contribution in [0.1, 0.15) is 40.6 Å². The molecule has 5 heteroatoms. The molecule has 3 aromatic carbocycles. The average molecular weight is 409 g/mol. The Balaban J connectivity index is 1.35. The Morgan fingerprint density at radius 1 is 1.06 bits per heavy atom. The van der Waals surface area contributed by atoms with Gasteiger partial charge in [-0.2, -0.15) is 0 Å². The molecule has 1 aliphatic carbocycles. The lowest BCUT2D eigenvalue weighted by Crippen LogP contribution is -2.29. The quantitative estimate of drug-likeness (QED) is 0.232. The zero-order valence-electron chi connectivity index (χ0n) is 17.2. The Hall–Kier alpha value is -3.73. The molecule has 1 heterocycles. The molecule has 2 aliphatic rings. The Labute approximate surface area is 181 Å². The predicted octanol–water partition coefficient (Wildman–Crippen LogP) is 6.48. The summed E-state index contributed by atoms with van der Waals surface area (Å²) < 4.78 is 0. The molecular formula is C26H23N3O2. The maximum Gasteiger partial charge on any atom is 0.269 e. The number of non-ortho nitro benzene ring substituents is 1. The van der Waals surface area contributed by atoms with Crippen LogP contribution in [-0.4, -0.2) is 11.1 Å². The summed E-state index contributed by atoms with van der Waals surface area (Å²) in [5.41, 5.74) is 6.96. The first-order chi connectivity index (χ1) is 15.1. The third-order valence-electron chi connectivity index (χ3n) is 6.24. The fourth-order valence-corrected chi connectivity index (χ4v) is 4.64. The highest BCUT2D eigenvalue weighted by molar-refractivity contribution is 5.82. The Kier molecular flexibility index (Phi) is 4.86. The first kappa shape index (κ1) is 19.2. The molecular weight excluding hydrogens is 386 g/mol. The zero-order chi connectivity index (χ0) is 21.4. The summed E-state index contributed by atoms with van der Waals surface area (Å²) in [4.78, 5) is 14.9. The molecule has 31 heavy (non-hydrogen) atoms. The highest BCUT2D eigenvalue weighted by Crippen LogP contribution is 2.50. The molecule has 0 fully saturated rings. The van der Waals surface area contributed by atoms with Crippen molar-refractivity contribution in [1.29, 1.82) is 0 Å². The molecule has 1 aliphatic heterocycles. The summed E-state index contributed by atoms with van der Waals surface area (Å²) in [6.07, 6.45) is 7.48. The number of allylic oxidation sites excluding steroid dienone is 2. The minimum Gasteiger partial charge on any atom is -0.378 e. The topological polar surface area (TPSA) is 67.5 Å². The number of fused-ring (bicyclic) bond motifs is 3. The largest absolute Gasteiger partial charge is 0.378 e. The minimum atomic E-state index is -0.400. The number of nitro groups is 1. The number of anilines is 1. The van der Waals surface area contributed by atoms with Gasteiger partial charge in [-0.05, 0) is 66.3 Å². The third-order valence-corrected chi connectivity index (χ3v) is 6.24. The van der Waals surface area contributed by atoms with Gasteiger partial charge in [0.2, 0.25) is 0 Å². The van der Waals surface area contributed by atoms with Crippen molar-refractivity contribution in [3.63, 3.8) is 0 Å². The predicted molar refractivity (Wildman–Crippen MR) is 124 cm³/mol. The van der Waals surface area contributed by atoms with E-state index in [-0.39, 0.29) is 11.7 Å². The highest BCUT2D eigenvalue weighted by Gasteiger charge is 2.37. The molecule has 0 saturated heterocycles. The fourth-order valence-electron chi connectivity index (χ4n) is 4.64. The molecule has 0 saturated carbocycles. The molecule has 3 atom stereocenters. The van der Waals surface area contributed by atoms with E-state index < -0.39 is 4.92 Å². The van der Waals surface area contributed by atoms with Crippen molar-refractivity contribution >= 4 is 23.3 Å². The van der Waals surface area contributed by atoms with E-state index in [0.717, 1.165) is 17.7 Å². The number of nitro benzene ring substituents is 1. The van der Waals surface area contributed by atoms with Crippen LogP contribution in [0.3, 0.4) is 0 Å². The summed E-state index contributed by atoms with van der Waals surface area (Å²) >= 11 is 0. The van der Waals surface area contributed by atoms with Crippen molar-refractivity contribution in [2.24, 2.45) is 10.9 Å². The second kappa shape index (κ2) is 7.84. The van der Waals surface area contributed by atoms with E-state index >= 15 is 0 Å². The van der Waals surface area contributed by atoms with Gasteiger partial charge in [-0.25, -0.2) is 0 Å². The standard InChI is InChI=1S/C26H23N3O2/c1-17-5-14-25-24(15-17)22-3-2-4-23(22)26(28-25)19-8-10-20(11-9-19)27-16-18-6-12-21(13-7-18)29(30)31/h2-3,5-16,22-23,26,28H,4H2,1H3/t22-,23+,26-/m1/s1. The van der Waals surface area contributed by atoms with Crippen LogP contribution in [0.5, 0.6) is 0 Å². The van der Waals surface area contributed by atoms with Crippen LogP contribution in [0.15, 0.2) is 83.9 Å². The summed E-state index contributed by atoms with van der Waals surface area (Å²) in [6, 6.07) is 21.7. The molecule has 0 bridgehead atoms. The summed E-state index contributed by atoms with van der Waals surface area (Å²) in [7, 11) is 0. The van der Waals surface area contributed by atoms with E-state index in [9.17, 15) is 10.1 Å². The Morgan fingerprint density at radius 3 is 2.58 bits per heavy atom. The highest BCUT2D eigenvalue weighted by atomic mass is 16.6. The van der Waals surface area contributed by atoms with E-state index in [1.54, 1.807) is 18.3 Å². The van der Waals surface area contributed by atoms with Crippen LogP contribution in [0, 0.1) is 23.0 Å². The number of aryl methyl sites for hydroxylation is 1.